The Morgan fingerprint density at radius 2 is 1.95 bits per heavy atom. The smallest absolute Gasteiger partial charge is 0.306 e. The lowest BCUT2D eigenvalue weighted by Crippen LogP contribution is -2.40. The predicted octanol–water partition coefficient (Wildman–Crippen LogP) is 1.95. The van der Waals surface area contributed by atoms with Crippen molar-refractivity contribution in [2.45, 2.75) is 38.2 Å². The number of carbonyl (C=O) groups is 2. The first-order valence-electron chi connectivity index (χ1n) is 7.78. The third-order valence-corrected chi connectivity index (χ3v) is 4.45. The van der Waals surface area contributed by atoms with Crippen LogP contribution in [0.25, 0.3) is 0 Å². The Morgan fingerprint density at radius 3 is 2.55 bits per heavy atom. The second kappa shape index (κ2) is 6.34. The van der Waals surface area contributed by atoms with Crippen molar-refractivity contribution < 1.29 is 19.4 Å². The average Bonchev–Trinajstić information content (AvgIpc) is 2.50. The molecule has 1 saturated carbocycles. The van der Waals surface area contributed by atoms with Gasteiger partial charge in [0.15, 0.2) is 0 Å². The van der Waals surface area contributed by atoms with E-state index in [0.717, 1.165) is 12.8 Å². The lowest BCUT2D eigenvalue weighted by atomic mass is 9.96. The molecule has 0 aromatic carbocycles. The van der Waals surface area contributed by atoms with E-state index in [1.54, 1.807) is 23.2 Å². The van der Waals surface area contributed by atoms with Gasteiger partial charge >= 0.3 is 5.97 Å². The molecule has 0 spiro atoms. The number of carboxylic acids is 1. The van der Waals surface area contributed by atoms with Gasteiger partial charge in [-0.25, -0.2) is 4.98 Å². The van der Waals surface area contributed by atoms with Gasteiger partial charge in [0, 0.05) is 30.9 Å². The maximum atomic E-state index is 12.5. The number of hydrogen-bond donors (Lipinski definition) is 1. The number of pyridine rings is 1. The molecular formula is C16H20N2O4. The topological polar surface area (TPSA) is 79.7 Å². The van der Waals surface area contributed by atoms with Crippen LogP contribution in [0.4, 0.5) is 0 Å². The van der Waals surface area contributed by atoms with Crippen LogP contribution in [-0.4, -0.2) is 46.1 Å². The van der Waals surface area contributed by atoms with Crippen LogP contribution in [-0.2, 0) is 4.79 Å². The molecule has 1 amide bonds. The molecule has 22 heavy (non-hydrogen) atoms. The summed E-state index contributed by atoms with van der Waals surface area (Å²) in [6.45, 7) is 0.966. The number of ether oxygens (including phenoxy) is 1. The third-order valence-electron chi connectivity index (χ3n) is 4.45. The largest absolute Gasteiger partial charge is 0.481 e. The molecule has 1 saturated heterocycles. The van der Waals surface area contributed by atoms with Gasteiger partial charge in [-0.3, -0.25) is 9.59 Å². The van der Waals surface area contributed by atoms with Crippen molar-refractivity contribution in [2.24, 2.45) is 5.92 Å². The van der Waals surface area contributed by atoms with Crippen molar-refractivity contribution in [1.29, 1.82) is 0 Å². The first-order valence-corrected chi connectivity index (χ1v) is 7.78. The van der Waals surface area contributed by atoms with E-state index in [2.05, 4.69) is 4.98 Å². The zero-order valence-corrected chi connectivity index (χ0v) is 12.4. The third kappa shape index (κ3) is 3.21. The fraction of sp³-hybridized carbons (Fsp3) is 0.562. The van der Waals surface area contributed by atoms with Crippen molar-refractivity contribution in [2.75, 3.05) is 13.1 Å². The molecule has 1 aliphatic heterocycles. The number of aromatic nitrogens is 1. The highest BCUT2D eigenvalue weighted by Gasteiger charge is 2.28. The molecule has 2 fully saturated rings. The maximum Gasteiger partial charge on any atom is 0.306 e. The molecule has 1 aromatic heterocycles. The Balaban J connectivity index is 1.62. The minimum absolute atomic E-state index is 0.0790. The molecule has 3 rings (SSSR count). The molecule has 2 aliphatic rings. The fourth-order valence-electron chi connectivity index (χ4n) is 2.78. The molecule has 6 nitrogen and oxygen atoms in total. The van der Waals surface area contributed by atoms with E-state index in [1.165, 1.54) is 6.42 Å². The number of hydrogen-bond acceptors (Lipinski definition) is 4. The maximum absolute atomic E-state index is 12.5. The van der Waals surface area contributed by atoms with Gasteiger partial charge in [0.05, 0.1) is 5.92 Å². The number of piperidine rings is 1. The first kappa shape index (κ1) is 14.8. The van der Waals surface area contributed by atoms with Gasteiger partial charge < -0.3 is 14.7 Å². The Labute approximate surface area is 129 Å². The SMILES string of the molecule is O=C(O)C1CCN(C(=O)c2ccnc(OC3CCC3)c2)CC1. The average molecular weight is 304 g/mol. The zero-order chi connectivity index (χ0) is 15.5. The monoisotopic (exact) mass is 304 g/mol. The molecular weight excluding hydrogens is 284 g/mol. The van der Waals surface area contributed by atoms with Gasteiger partial charge in [0.1, 0.15) is 6.10 Å². The van der Waals surface area contributed by atoms with Crippen LogP contribution in [0.1, 0.15) is 42.5 Å². The van der Waals surface area contributed by atoms with Gasteiger partial charge in [-0.1, -0.05) is 0 Å². The summed E-state index contributed by atoms with van der Waals surface area (Å²) in [5, 5.41) is 9.00. The molecule has 2 heterocycles. The van der Waals surface area contributed by atoms with Crippen LogP contribution < -0.4 is 4.74 Å². The molecule has 1 aliphatic carbocycles. The molecule has 0 atom stereocenters. The second-order valence-corrected chi connectivity index (χ2v) is 5.96. The Kier molecular flexibility index (Phi) is 4.27. The van der Waals surface area contributed by atoms with Gasteiger partial charge in [0.25, 0.3) is 5.91 Å². The summed E-state index contributed by atoms with van der Waals surface area (Å²) in [6.07, 6.45) is 6.11. The summed E-state index contributed by atoms with van der Waals surface area (Å²) in [6, 6.07) is 3.36. The molecule has 6 heteroatoms. The summed E-state index contributed by atoms with van der Waals surface area (Å²) in [5.74, 6) is -0.688. The van der Waals surface area contributed by atoms with E-state index in [1.807, 2.05) is 0 Å². The van der Waals surface area contributed by atoms with Gasteiger partial charge in [-0.15, -0.1) is 0 Å². The van der Waals surface area contributed by atoms with Crippen LogP contribution in [0.2, 0.25) is 0 Å². The summed E-state index contributed by atoms with van der Waals surface area (Å²) in [7, 11) is 0. The van der Waals surface area contributed by atoms with E-state index < -0.39 is 5.97 Å². The van der Waals surface area contributed by atoms with Gasteiger partial charge in [0.2, 0.25) is 5.88 Å². The van der Waals surface area contributed by atoms with Crippen molar-refractivity contribution in [3.63, 3.8) is 0 Å². The highest BCUT2D eigenvalue weighted by atomic mass is 16.5. The van der Waals surface area contributed by atoms with Gasteiger partial charge in [-0.05, 0) is 38.2 Å². The summed E-state index contributed by atoms with van der Waals surface area (Å²) < 4.78 is 5.72. The van der Waals surface area contributed by atoms with E-state index >= 15 is 0 Å². The molecule has 0 unspecified atom stereocenters. The van der Waals surface area contributed by atoms with Crippen LogP contribution in [0.3, 0.4) is 0 Å². The zero-order valence-electron chi connectivity index (χ0n) is 12.4. The molecule has 0 radical (unpaired) electrons. The number of rotatable bonds is 4. The van der Waals surface area contributed by atoms with Crippen LogP contribution >= 0.6 is 0 Å². The van der Waals surface area contributed by atoms with E-state index in [-0.39, 0.29) is 17.9 Å². The van der Waals surface area contributed by atoms with Crippen LogP contribution in [0.15, 0.2) is 18.3 Å². The minimum Gasteiger partial charge on any atom is -0.481 e. The number of nitrogens with zero attached hydrogens (tertiary/aromatic N) is 2. The van der Waals surface area contributed by atoms with Crippen molar-refractivity contribution >= 4 is 11.9 Å². The first-order chi connectivity index (χ1) is 10.6. The standard InChI is InChI=1S/C16H20N2O4/c19-15(18-8-5-11(6-9-18)16(20)21)12-4-7-17-14(10-12)22-13-2-1-3-13/h4,7,10-11,13H,1-3,5-6,8-9H2,(H,20,21). The number of carbonyl (C=O) groups excluding carboxylic acids is 1. The summed E-state index contributed by atoms with van der Waals surface area (Å²) in [5.41, 5.74) is 0.554. The Hall–Kier alpha value is -2.11. The van der Waals surface area contributed by atoms with Crippen LogP contribution in [0.5, 0.6) is 5.88 Å². The van der Waals surface area contributed by atoms with Crippen molar-refractivity contribution in [3.05, 3.63) is 23.9 Å². The van der Waals surface area contributed by atoms with E-state index in [4.69, 9.17) is 9.84 Å². The summed E-state index contributed by atoms with van der Waals surface area (Å²) in [4.78, 5) is 29.3. The molecule has 0 bridgehead atoms. The Bertz CT molecular complexity index is 563. The number of amides is 1. The lowest BCUT2D eigenvalue weighted by Gasteiger charge is -2.30. The molecule has 1 aromatic rings. The summed E-state index contributed by atoms with van der Waals surface area (Å²) >= 11 is 0. The second-order valence-electron chi connectivity index (χ2n) is 5.96. The van der Waals surface area contributed by atoms with Gasteiger partial charge in [-0.2, -0.15) is 0 Å². The van der Waals surface area contributed by atoms with Crippen molar-refractivity contribution in [1.82, 2.24) is 9.88 Å². The lowest BCUT2D eigenvalue weighted by molar-refractivity contribution is -0.143. The number of aliphatic carboxylic acids is 1. The van der Waals surface area contributed by atoms with Crippen molar-refractivity contribution in [3.8, 4) is 5.88 Å². The fourth-order valence-corrected chi connectivity index (χ4v) is 2.78. The minimum atomic E-state index is -0.771. The highest BCUT2D eigenvalue weighted by molar-refractivity contribution is 5.94. The predicted molar refractivity (Wildman–Crippen MR) is 78.8 cm³/mol. The quantitative estimate of drug-likeness (QED) is 0.919. The highest BCUT2D eigenvalue weighted by Crippen LogP contribution is 2.25. The normalized spacial score (nSPS) is 19.5. The van der Waals surface area contributed by atoms with Crippen LogP contribution in [0, 0.1) is 5.92 Å². The molecule has 1 N–H and O–H groups in total. The number of carboxylic acid groups (broad SMARTS) is 1. The Morgan fingerprint density at radius 1 is 1.23 bits per heavy atom. The van der Waals surface area contributed by atoms with E-state index in [9.17, 15) is 9.59 Å². The molecule has 118 valence electrons. The number of likely N-dealkylation sites (tertiary alicyclic amines) is 1. The van der Waals surface area contributed by atoms with E-state index in [0.29, 0.717) is 37.4 Å².